The first kappa shape index (κ1) is 13.4. The molecule has 0 spiro atoms. The lowest BCUT2D eigenvalue weighted by atomic mass is 9.99. The molecular formula is C16H21NO3. The fourth-order valence-corrected chi connectivity index (χ4v) is 3.46. The Kier molecular flexibility index (Phi) is 3.92. The normalized spacial score (nSPS) is 28.4. The van der Waals surface area contributed by atoms with Crippen LogP contribution in [-0.2, 0) is 4.79 Å². The first-order valence-corrected chi connectivity index (χ1v) is 7.41. The molecule has 2 fully saturated rings. The van der Waals surface area contributed by atoms with Crippen LogP contribution in [0.25, 0.3) is 0 Å². The summed E-state index contributed by atoms with van der Waals surface area (Å²) in [6.45, 7) is 0.418. The predicted octanol–water partition coefficient (Wildman–Crippen LogP) is 1.97. The number of aliphatic hydroxyl groups is 1. The molecule has 108 valence electrons. The zero-order valence-corrected chi connectivity index (χ0v) is 11.6. The number of benzene rings is 1. The van der Waals surface area contributed by atoms with Crippen LogP contribution in [0.2, 0.25) is 0 Å². The van der Waals surface area contributed by atoms with Crippen LogP contribution in [0.5, 0.6) is 5.75 Å². The van der Waals surface area contributed by atoms with Crippen molar-refractivity contribution in [2.75, 3.05) is 6.61 Å². The maximum Gasteiger partial charge on any atom is 0.226 e. The van der Waals surface area contributed by atoms with E-state index in [1.165, 1.54) is 0 Å². The summed E-state index contributed by atoms with van der Waals surface area (Å²) < 4.78 is 5.58. The largest absolute Gasteiger partial charge is 0.493 e. The van der Waals surface area contributed by atoms with Crippen LogP contribution in [0.3, 0.4) is 0 Å². The number of ether oxygens (including phenoxy) is 1. The second-order valence-electron chi connectivity index (χ2n) is 5.72. The molecule has 0 aromatic heterocycles. The zero-order valence-electron chi connectivity index (χ0n) is 11.6. The van der Waals surface area contributed by atoms with Gasteiger partial charge in [0.15, 0.2) is 0 Å². The van der Waals surface area contributed by atoms with Gasteiger partial charge in [0.2, 0.25) is 5.91 Å². The maximum absolute atomic E-state index is 12.3. The third-order valence-corrected chi connectivity index (χ3v) is 4.32. The van der Waals surface area contributed by atoms with Crippen LogP contribution >= 0.6 is 0 Å². The van der Waals surface area contributed by atoms with Crippen molar-refractivity contribution in [3.8, 4) is 5.75 Å². The summed E-state index contributed by atoms with van der Waals surface area (Å²) in [5, 5.41) is 9.75. The first-order chi connectivity index (χ1) is 9.74. The molecule has 3 rings (SSSR count). The van der Waals surface area contributed by atoms with Crippen molar-refractivity contribution in [3.05, 3.63) is 30.3 Å². The predicted molar refractivity (Wildman–Crippen MR) is 75.5 cm³/mol. The molecule has 4 nitrogen and oxygen atoms in total. The molecule has 1 N–H and O–H groups in total. The molecule has 20 heavy (non-hydrogen) atoms. The first-order valence-electron chi connectivity index (χ1n) is 7.41. The topological polar surface area (TPSA) is 49.8 Å². The van der Waals surface area contributed by atoms with Gasteiger partial charge in [-0.15, -0.1) is 0 Å². The number of hydrogen-bond donors (Lipinski definition) is 1. The SMILES string of the molecule is O=C(CCOc1ccccc1)N1C2CCC1CC(O)C2. The average molecular weight is 275 g/mol. The van der Waals surface area contributed by atoms with E-state index in [0.29, 0.717) is 13.0 Å². The Morgan fingerprint density at radius 3 is 2.50 bits per heavy atom. The highest BCUT2D eigenvalue weighted by atomic mass is 16.5. The highest BCUT2D eigenvalue weighted by Gasteiger charge is 2.42. The third-order valence-electron chi connectivity index (χ3n) is 4.32. The van der Waals surface area contributed by atoms with Gasteiger partial charge in [-0.05, 0) is 37.8 Å². The molecule has 2 bridgehead atoms. The van der Waals surface area contributed by atoms with Crippen LogP contribution in [-0.4, -0.2) is 40.7 Å². The van der Waals surface area contributed by atoms with Crippen LogP contribution in [0.4, 0.5) is 0 Å². The lowest BCUT2D eigenvalue weighted by Crippen LogP contribution is -2.48. The third kappa shape index (κ3) is 2.80. The number of piperidine rings is 1. The second-order valence-corrected chi connectivity index (χ2v) is 5.72. The van der Waals surface area contributed by atoms with Crippen molar-refractivity contribution in [1.29, 1.82) is 0 Å². The van der Waals surface area contributed by atoms with Gasteiger partial charge in [0.05, 0.1) is 19.1 Å². The molecule has 2 aliphatic rings. The Labute approximate surface area is 119 Å². The maximum atomic E-state index is 12.3. The van der Waals surface area contributed by atoms with Crippen LogP contribution in [0, 0.1) is 0 Å². The summed E-state index contributed by atoms with van der Waals surface area (Å²) >= 11 is 0. The fourth-order valence-electron chi connectivity index (χ4n) is 3.46. The fraction of sp³-hybridized carbons (Fsp3) is 0.562. The number of hydrogen-bond acceptors (Lipinski definition) is 3. The quantitative estimate of drug-likeness (QED) is 0.914. The monoisotopic (exact) mass is 275 g/mol. The number of rotatable bonds is 4. The van der Waals surface area contributed by atoms with Crippen molar-refractivity contribution >= 4 is 5.91 Å². The molecule has 2 aliphatic heterocycles. The van der Waals surface area contributed by atoms with E-state index < -0.39 is 0 Å². The van der Waals surface area contributed by atoms with Gasteiger partial charge in [-0.3, -0.25) is 4.79 Å². The number of aliphatic hydroxyl groups excluding tert-OH is 1. The number of amides is 1. The molecule has 0 aliphatic carbocycles. The molecule has 0 radical (unpaired) electrons. The highest BCUT2D eigenvalue weighted by molar-refractivity contribution is 5.77. The minimum absolute atomic E-state index is 0.167. The number of carbonyl (C=O) groups excluding carboxylic acids is 1. The highest BCUT2D eigenvalue weighted by Crippen LogP contribution is 2.36. The summed E-state index contributed by atoms with van der Waals surface area (Å²) in [5.74, 6) is 0.970. The molecule has 2 unspecified atom stereocenters. The molecule has 2 atom stereocenters. The molecular weight excluding hydrogens is 254 g/mol. The molecule has 1 aromatic rings. The average Bonchev–Trinajstić information content (AvgIpc) is 2.72. The number of para-hydroxylation sites is 1. The van der Waals surface area contributed by atoms with Gasteiger partial charge >= 0.3 is 0 Å². The zero-order chi connectivity index (χ0) is 13.9. The van der Waals surface area contributed by atoms with E-state index in [0.717, 1.165) is 31.4 Å². The van der Waals surface area contributed by atoms with Crippen molar-refractivity contribution in [2.45, 2.75) is 50.3 Å². The molecule has 4 heteroatoms. The molecule has 2 heterocycles. The second kappa shape index (κ2) is 5.83. The van der Waals surface area contributed by atoms with Crippen LogP contribution in [0.1, 0.15) is 32.1 Å². The Balaban J connectivity index is 1.50. The number of fused-ring (bicyclic) bond motifs is 2. The van der Waals surface area contributed by atoms with E-state index in [2.05, 4.69) is 0 Å². The lowest BCUT2D eigenvalue weighted by molar-refractivity contribution is -0.137. The lowest BCUT2D eigenvalue weighted by Gasteiger charge is -2.37. The van der Waals surface area contributed by atoms with Gasteiger partial charge in [0.25, 0.3) is 0 Å². The van der Waals surface area contributed by atoms with E-state index in [4.69, 9.17) is 4.74 Å². The van der Waals surface area contributed by atoms with E-state index in [1.807, 2.05) is 35.2 Å². The number of nitrogens with zero attached hydrogens (tertiary/aromatic N) is 1. The van der Waals surface area contributed by atoms with E-state index in [9.17, 15) is 9.90 Å². The van der Waals surface area contributed by atoms with E-state index in [-0.39, 0.29) is 24.1 Å². The van der Waals surface area contributed by atoms with Gasteiger partial charge in [-0.1, -0.05) is 18.2 Å². The summed E-state index contributed by atoms with van der Waals surface area (Å²) in [6, 6.07) is 10.1. The van der Waals surface area contributed by atoms with E-state index in [1.54, 1.807) is 0 Å². The molecule has 0 saturated carbocycles. The number of carbonyl (C=O) groups is 1. The van der Waals surface area contributed by atoms with Crippen molar-refractivity contribution in [2.24, 2.45) is 0 Å². The summed E-state index contributed by atoms with van der Waals surface area (Å²) in [6.07, 6.45) is 3.74. The minimum Gasteiger partial charge on any atom is -0.493 e. The van der Waals surface area contributed by atoms with Gasteiger partial charge in [0.1, 0.15) is 5.75 Å². The Morgan fingerprint density at radius 2 is 1.85 bits per heavy atom. The van der Waals surface area contributed by atoms with E-state index >= 15 is 0 Å². The Morgan fingerprint density at radius 1 is 1.20 bits per heavy atom. The van der Waals surface area contributed by atoms with Crippen LogP contribution < -0.4 is 4.74 Å². The van der Waals surface area contributed by atoms with Crippen LogP contribution in [0.15, 0.2) is 30.3 Å². The van der Waals surface area contributed by atoms with Crippen molar-refractivity contribution in [3.63, 3.8) is 0 Å². The van der Waals surface area contributed by atoms with Crippen molar-refractivity contribution < 1.29 is 14.6 Å². The molecule has 2 saturated heterocycles. The minimum atomic E-state index is -0.225. The van der Waals surface area contributed by atoms with Gasteiger partial charge in [0, 0.05) is 12.1 Å². The molecule has 1 amide bonds. The van der Waals surface area contributed by atoms with Gasteiger partial charge in [-0.25, -0.2) is 0 Å². The van der Waals surface area contributed by atoms with Gasteiger partial charge in [-0.2, -0.15) is 0 Å². The smallest absolute Gasteiger partial charge is 0.226 e. The molecule has 1 aromatic carbocycles. The van der Waals surface area contributed by atoms with Crippen molar-refractivity contribution in [1.82, 2.24) is 4.90 Å². The standard InChI is InChI=1S/C16H21NO3/c18-14-10-12-6-7-13(11-14)17(12)16(19)8-9-20-15-4-2-1-3-5-15/h1-5,12-14,18H,6-11H2. The Hall–Kier alpha value is -1.55. The summed E-state index contributed by atoms with van der Waals surface area (Å²) in [7, 11) is 0. The summed E-state index contributed by atoms with van der Waals surface area (Å²) in [4.78, 5) is 14.3. The summed E-state index contributed by atoms with van der Waals surface area (Å²) in [5.41, 5.74) is 0. The Bertz CT molecular complexity index is 448. The van der Waals surface area contributed by atoms with Gasteiger partial charge < -0.3 is 14.7 Å².